The molecule has 0 spiro atoms. The molecular weight excluding hydrogens is 259 g/mol. The minimum atomic E-state index is -0.102. The van der Waals surface area contributed by atoms with Gasteiger partial charge in [-0.2, -0.15) is 0 Å². The van der Waals surface area contributed by atoms with Gasteiger partial charge in [0.05, 0.1) is 6.04 Å². The van der Waals surface area contributed by atoms with Gasteiger partial charge in [0.15, 0.2) is 0 Å². The fourth-order valence-corrected chi connectivity index (χ4v) is 3.69. The summed E-state index contributed by atoms with van der Waals surface area (Å²) >= 11 is 1.62. The summed E-state index contributed by atoms with van der Waals surface area (Å²) in [6.07, 6.45) is 1.01. The van der Waals surface area contributed by atoms with Crippen molar-refractivity contribution in [3.8, 4) is 0 Å². The highest BCUT2D eigenvalue weighted by Crippen LogP contribution is 2.38. The number of rotatable bonds is 2. The first-order chi connectivity index (χ1) is 9.16. The van der Waals surface area contributed by atoms with Gasteiger partial charge >= 0.3 is 0 Å². The largest absolute Gasteiger partial charge is 0.318 e. The fourth-order valence-electron chi connectivity index (χ4n) is 2.55. The normalized spacial score (nSPS) is 18.2. The minimum absolute atomic E-state index is 0.102. The van der Waals surface area contributed by atoms with E-state index >= 15 is 0 Å². The Morgan fingerprint density at radius 1 is 1.21 bits per heavy atom. The molecule has 1 aromatic carbocycles. The van der Waals surface area contributed by atoms with Crippen LogP contribution in [-0.4, -0.2) is 10.4 Å². The van der Waals surface area contributed by atoms with Gasteiger partial charge in [-0.1, -0.05) is 12.1 Å². The maximum absolute atomic E-state index is 13.8. The molecule has 2 aromatic rings. The van der Waals surface area contributed by atoms with Gasteiger partial charge in [-0.3, -0.25) is 4.68 Å². The van der Waals surface area contributed by atoms with Crippen LogP contribution in [0.2, 0.25) is 0 Å². The Labute approximate surface area is 117 Å². The van der Waals surface area contributed by atoms with Crippen LogP contribution in [0.1, 0.15) is 29.4 Å². The summed E-state index contributed by atoms with van der Waals surface area (Å²) in [6.45, 7) is 4.15. The van der Waals surface area contributed by atoms with Gasteiger partial charge in [-0.15, -0.1) is 11.8 Å². The third-order valence-electron chi connectivity index (χ3n) is 3.58. The second-order valence-electron chi connectivity index (χ2n) is 4.93. The summed E-state index contributed by atoms with van der Waals surface area (Å²) in [7, 11) is 0. The second-order valence-corrected chi connectivity index (χ2v) is 6.03. The molecule has 1 unspecified atom stereocenters. The molecule has 3 rings (SSSR count). The van der Waals surface area contributed by atoms with Crippen molar-refractivity contribution in [3.63, 3.8) is 0 Å². The molecule has 2 nitrogen and oxygen atoms in total. The highest BCUT2D eigenvalue weighted by Gasteiger charge is 2.23. The van der Waals surface area contributed by atoms with Crippen LogP contribution in [0, 0.1) is 19.7 Å². The van der Waals surface area contributed by atoms with Crippen LogP contribution in [0.5, 0.6) is 0 Å². The molecule has 2 heterocycles. The molecule has 0 saturated heterocycles. The van der Waals surface area contributed by atoms with Crippen LogP contribution in [0.3, 0.4) is 0 Å². The molecule has 0 bridgehead atoms. The Hall–Kier alpha value is -1.42. The zero-order valence-electron chi connectivity index (χ0n) is 11.1. The van der Waals surface area contributed by atoms with Crippen molar-refractivity contribution in [1.82, 2.24) is 4.68 Å². The summed E-state index contributed by atoms with van der Waals surface area (Å²) in [6, 6.07) is 9.72. The lowest BCUT2D eigenvalue weighted by Crippen LogP contribution is -2.25. The number of aromatic nitrogens is 1. The highest BCUT2D eigenvalue weighted by molar-refractivity contribution is 7.99. The Morgan fingerprint density at radius 3 is 2.68 bits per heavy atom. The van der Waals surface area contributed by atoms with E-state index in [0.717, 1.165) is 22.6 Å². The lowest BCUT2D eigenvalue weighted by molar-refractivity contribution is 0.570. The van der Waals surface area contributed by atoms with E-state index in [4.69, 9.17) is 0 Å². The van der Waals surface area contributed by atoms with E-state index < -0.39 is 0 Å². The maximum Gasteiger partial charge on any atom is 0.137 e. The topological polar surface area (TPSA) is 17.0 Å². The van der Waals surface area contributed by atoms with E-state index in [-0.39, 0.29) is 11.9 Å². The molecule has 0 fully saturated rings. The molecule has 100 valence electrons. The van der Waals surface area contributed by atoms with Crippen LogP contribution in [0.25, 0.3) is 0 Å². The number of fused-ring (bicyclic) bond motifs is 1. The molecule has 0 saturated carbocycles. The SMILES string of the molecule is Cc1ccc(C)n1NC1CCSc2c(F)cccc21. The standard InChI is InChI=1S/C15H17FN2S/c1-10-6-7-11(2)18(10)17-14-8-9-19-15-12(14)4-3-5-13(15)16/h3-7,14,17H,8-9H2,1-2H3. The van der Waals surface area contributed by atoms with Crippen molar-refractivity contribution in [2.45, 2.75) is 31.2 Å². The molecular formula is C15H17FN2S. The Morgan fingerprint density at radius 2 is 1.95 bits per heavy atom. The summed E-state index contributed by atoms with van der Waals surface area (Å²) in [5.74, 6) is 0.847. The van der Waals surface area contributed by atoms with Crippen molar-refractivity contribution in [2.75, 3.05) is 11.2 Å². The number of thioether (sulfide) groups is 1. The van der Waals surface area contributed by atoms with Gasteiger partial charge in [0.2, 0.25) is 0 Å². The van der Waals surface area contributed by atoms with Crippen LogP contribution in [-0.2, 0) is 0 Å². The van der Waals surface area contributed by atoms with Crippen LogP contribution in [0.4, 0.5) is 4.39 Å². The number of nitrogens with one attached hydrogen (secondary N) is 1. The monoisotopic (exact) mass is 276 g/mol. The van der Waals surface area contributed by atoms with Crippen molar-refractivity contribution in [3.05, 3.63) is 53.1 Å². The smallest absolute Gasteiger partial charge is 0.137 e. The summed E-state index contributed by atoms with van der Waals surface area (Å²) in [4.78, 5) is 0.800. The van der Waals surface area contributed by atoms with Gasteiger partial charge in [-0.25, -0.2) is 4.39 Å². The number of benzene rings is 1. The lowest BCUT2D eigenvalue weighted by Gasteiger charge is -2.28. The predicted octanol–water partition coefficient (Wildman–Crippen LogP) is 4.02. The molecule has 4 heteroatoms. The first-order valence-electron chi connectivity index (χ1n) is 6.49. The molecule has 1 N–H and O–H groups in total. The van der Waals surface area contributed by atoms with Crippen molar-refractivity contribution < 1.29 is 4.39 Å². The van der Waals surface area contributed by atoms with Gasteiger partial charge in [-0.05, 0) is 44.0 Å². The number of halogens is 1. The van der Waals surface area contributed by atoms with Crippen molar-refractivity contribution in [1.29, 1.82) is 0 Å². The van der Waals surface area contributed by atoms with Gasteiger partial charge in [0, 0.05) is 22.0 Å². The van der Waals surface area contributed by atoms with Crippen LogP contribution < -0.4 is 5.43 Å². The van der Waals surface area contributed by atoms with E-state index in [1.54, 1.807) is 23.9 Å². The minimum Gasteiger partial charge on any atom is -0.318 e. The zero-order valence-corrected chi connectivity index (χ0v) is 11.9. The van der Waals surface area contributed by atoms with E-state index in [1.165, 1.54) is 11.4 Å². The third kappa shape index (κ3) is 2.25. The zero-order chi connectivity index (χ0) is 13.4. The number of nitrogens with zero attached hydrogens (tertiary/aromatic N) is 1. The Kier molecular flexibility index (Phi) is 3.27. The fraction of sp³-hybridized carbons (Fsp3) is 0.333. The number of hydrogen-bond donors (Lipinski definition) is 1. The summed E-state index contributed by atoms with van der Waals surface area (Å²) < 4.78 is 15.9. The molecule has 0 radical (unpaired) electrons. The highest BCUT2D eigenvalue weighted by atomic mass is 32.2. The van der Waals surface area contributed by atoms with Gasteiger partial charge in [0.25, 0.3) is 0 Å². The maximum atomic E-state index is 13.8. The average molecular weight is 276 g/mol. The van der Waals surface area contributed by atoms with E-state index in [1.807, 2.05) is 6.07 Å². The molecule has 1 aliphatic heterocycles. The third-order valence-corrected chi connectivity index (χ3v) is 4.74. The average Bonchev–Trinajstić information content (AvgIpc) is 2.72. The van der Waals surface area contributed by atoms with E-state index in [9.17, 15) is 4.39 Å². The molecule has 1 atom stereocenters. The summed E-state index contributed by atoms with van der Waals surface area (Å²) in [5, 5.41) is 0. The van der Waals surface area contributed by atoms with E-state index in [2.05, 4.69) is 36.1 Å². The Balaban J connectivity index is 1.94. The van der Waals surface area contributed by atoms with Crippen molar-refractivity contribution >= 4 is 11.8 Å². The molecule has 0 amide bonds. The molecule has 1 aliphatic rings. The van der Waals surface area contributed by atoms with Gasteiger partial charge in [0.1, 0.15) is 5.82 Å². The first kappa shape index (κ1) is 12.6. The first-order valence-corrected chi connectivity index (χ1v) is 7.48. The summed E-state index contributed by atoms with van der Waals surface area (Å²) in [5.41, 5.74) is 6.94. The van der Waals surface area contributed by atoms with Crippen molar-refractivity contribution in [2.24, 2.45) is 0 Å². The molecule has 0 aliphatic carbocycles. The lowest BCUT2D eigenvalue weighted by atomic mass is 10.0. The van der Waals surface area contributed by atoms with Gasteiger partial charge < -0.3 is 5.43 Å². The molecule has 1 aromatic heterocycles. The Bertz CT molecular complexity index is 587. The number of hydrogen-bond acceptors (Lipinski definition) is 2. The predicted molar refractivity (Wildman–Crippen MR) is 77.7 cm³/mol. The van der Waals surface area contributed by atoms with Crippen LogP contribution in [0.15, 0.2) is 35.2 Å². The second kappa shape index (κ2) is 4.93. The van der Waals surface area contributed by atoms with E-state index in [0.29, 0.717) is 0 Å². The number of aryl methyl sites for hydroxylation is 2. The quantitative estimate of drug-likeness (QED) is 0.892. The van der Waals surface area contributed by atoms with Crippen LogP contribution >= 0.6 is 11.8 Å². The molecule has 19 heavy (non-hydrogen) atoms.